The maximum absolute atomic E-state index is 12.5. The lowest BCUT2D eigenvalue weighted by atomic mass is 9.86. The van der Waals surface area contributed by atoms with Gasteiger partial charge in [0.2, 0.25) is 0 Å². The summed E-state index contributed by atoms with van der Waals surface area (Å²) in [4.78, 5) is 28.2. The molecule has 4 rings (SSSR count). The maximum atomic E-state index is 12.5. The number of hydrogen-bond donors (Lipinski definition) is 1. The molecule has 2 heterocycles. The summed E-state index contributed by atoms with van der Waals surface area (Å²) < 4.78 is 6.08. The molecule has 2 aliphatic rings. The second-order valence-corrected chi connectivity index (χ2v) is 9.45. The average Bonchev–Trinajstić information content (AvgIpc) is 3.29. The van der Waals surface area contributed by atoms with E-state index in [4.69, 9.17) is 4.74 Å². The Kier molecular flexibility index (Phi) is 5.49. The molecule has 6 nitrogen and oxygen atoms in total. The van der Waals surface area contributed by atoms with Gasteiger partial charge in [-0.05, 0) is 45.6 Å². The Morgan fingerprint density at radius 3 is 2.67 bits per heavy atom. The van der Waals surface area contributed by atoms with Crippen molar-refractivity contribution in [3.8, 4) is 0 Å². The number of hydrogen-bond acceptors (Lipinski definition) is 4. The number of likely N-dealkylation sites (tertiary alicyclic amines) is 1. The summed E-state index contributed by atoms with van der Waals surface area (Å²) >= 11 is 3.40. The Balaban J connectivity index is 1.48. The molecule has 1 atom stereocenters. The van der Waals surface area contributed by atoms with Crippen LogP contribution in [-0.2, 0) is 16.8 Å². The van der Waals surface area contributed by atoms with Crippen LogP contribution in [0, 0.1) is 0 Å². The fraction of sp³-hybridized carbons (Fsp3) is 0.391. The van der Waals surface area contributed by atoms with Crippen LogP contribution >= 0.6 is 15.9 Å². The molecular weight excluding hydrogens is 448 g/mol. The van der Waals surface area contributed by atoms with Gasteiger partial charge in [0.15, 0.2) is 0 Å². The number of carbonyl (C=O) groups excluding carboxylic acids is 1. The normalized spacial score (nSPS) is 19.6. The average molecular weight is 473 g/mol. The highest BCUT2D eigenvalue weighted by Gasteiger charge is 2.42. The van der Waals surface area contributed by atoms with Gasteiger partial charge in [-0.15, -0.1) is 0 Å². The molecule has 1 fully saturated rings. The van der Waals surface area contributed by atoms with Crippen LogP contribution in [0.3, 0.4) is 0 Å². The van der Waals surface area contributed by atoms with Gasteiger partial charge in [-0.3, -0.25) is 0 Å². The number of benzene rings is 2. The second-order valence-electron chi connectivity index (χ2n) is 8.59. The zero-order chi connectivity index (χ0) is 21.5. The van der Waals surface area contributed by atoms with Crippen LogP contribution in [0.5, 0.6) is 0 Å². The fourth-order valence-electron chi connectivity index (χ4n) is 4.40. The Labute approximate surface area is 184 Å². The van der Waals surface area contributed by atoms with Gasteiger partial charge in [0.1, 0.15) is 6.61 Å². The van der Waals surface area contributed by atoms with Gasteiger partial charge in [0.05, 0.1) is 5.56 Å². The summed E-state index contributed by atoms with van der Waals surface area (Å²) in [6, 6.07) is 13.5. The van der Waals surface area contributed by atoms with Crippen LogP contribution in [0.2, 0.25) is 0 Å². The van der Waals surface area contributed by atoms with E-state index in [1.54, 1.807) is 11.0 Å². The molecule has 1 N–H and O–H groups in total. The molecule has 158 valence electrons. The molecule has 0 radical (unpaired) electrons. The molecule has 30 heavy (non-hydrogen) atoms. The summed E-state index contributed by atoms with van der Waals surface area (Å²) in [7, 11) is 0. The first kappa shape index (κ1) is 20.7. The van der Waals surface area contributed by atoms with E-state index in [-0.39, 0.29) is 29.7 Å². The second kappa shape index (κ2) is 7.95. The monoisotopic (exact) mass is 472 g/mol. The van der Waals surface area contributed by atoms with Gasteiger partial charge >= 0.3 is 12.1 Å². The van der Waals surface area contributed by atoms with Crippen molar-refractivity contribution in [2.45, 2.75) is 38.3 Å². The largest absolute Gasteiger partial charge is 0.478 e. The van der Waals surface area contributed by atoms with Gasteiger partial charge in [-0.1, -0.05) is 44.2 Å². The smallest absolute Gasteiger partial charge is 0.410 e. The molecule has 1 unspecified atom stereocenters. The van der Waals surface area contributed by atoms with Gasteiger partial charge in [0, 0.05) is 41.3 Å². The Bertz CT molecular complexity index is 977. The zero-order valence-electron chi connectivity index (χ0n) is 17.1. The van der Waals surface area contributed by atoms with E-state index in [2.05, 4.69) is 34.7 Å². The van der Waals surface area contributed by atoms with E-state index in [1.807, 2.05) is 36.4 Å². The third-order valence-electron chi connectivity index (χ3n) is 5.99. The molecule has 0 spiro atoms. The summed E-state index contributed by atoms with van der Waals surface area (Å²) in [5.41, 5.74) is 3.20. The molecule has 1 saturated heterocycles. The van der Waals surface area contributed by atoms with E-state index in [9.17, 15) is 14.7 Å². The highest BCUT2D eigenvalue weighted by molar-refractivity contribution is 9.10. The van der Waals surface area contributed by atoms with Crippen LogP contribution in [0.25, 0.3) is 0 Å². The maximum Gasteiger partial charge on any atom is 0.410 e. The summed E-state index contributed by atoms with van der Waals surface area (Å²) in [5.74, 6) is -0.952. The molecule has 0 bridgehead atoms. The molecule has 7 heteroatoms. The molecule has 2 aromatic rings. The van der Waals surface area contributed by atoms with Crippen molar-refractivity contribution < 1.29 is 19.4 Å². The number of nitrogens with zero attached hydrogens (tertiary/aromatic N) is 2. The van der Waals surface area contributed by atoms with E-state index < -0.39 is 5.97 Å². The number of carbonyl (C=O) groups is 2. The van der Waals surface area contributed by atoms with Crippen molar-refractivity contribution in [2.24, 2.45) is 0 Å². The summed E-state index contributed by atoms with van der Waals surface area (Å²) in [5, 5.41) is 9.53. The number of rotatable bonds is 4. The molecule has 0 saturated carbocycles. The van der Waals surface area contributed by atoms with Gasteiger partial charge < -0.3 is 19.6 Å². The highest BCUT2D eigenvalue weighted by Crippen LogP contribution is 2.45. The van der Waals surface area contributed by atoms with E-state index >= 15 is 0 Å². The number of anilines is 1. The standard InChI is InChI=1S/C23H25BrN2O4/c1-23(2)14-26(20-10-17(21(27)28)19(24)11-18(20)23)16-8-9-25(12-16)22(29)30-13-15-6-4-3-5-7-15/h3-7,10-11,16H,8-9,12-14H2,1-2H3,(H,27,28). The number of fused-ring (bicyclic) bond motifs is 1. The number of halogens is 1. The van der Waals surface area contributed by atoms with Crippen molar-refractivity contribution >= 4 is 33.7 Å². The minimum absolute atomic E-state index is 0.101. The van der Waals surface area contributed by atoms with E-state index in [1.165, 1.54) is 0 Å². The van der Waals surface area contributed by atoms with Crippen LogP contribution in [0.15, 0.2) is 46.9 Å². The van der Waals surface area contributed by atoms with Crippen LogP contribution in [0.1, 0.15) is 41.8 Å². The Morgan fingerprint density at radius 2 is 1.97 bits per heavy atom. The van der Waals surface area contributed by atoms with Gasteiger partial charge in [-0.25, -0.2) is 9.59 Å². The van der Waals surface area contributed by atoms with Crippen molar-refractivity contribution in [1.29, 1.82) is 0 Å². The van der Waals surface area contributed by atoms with Crippen LogP contribution in [0.4, 0.5) is 10.5 Å². The number of aromatic carboxylic acids is 1. The third-order valence-corrected chi connectivity index (χ3v) is 6.64. The van der Waals surface area contributed by atoms with Crippen molar-refractivity contribution in [1.82, 2.24) is 4.90 Å². The molecule has 1 amide bonds. The van der Waals surface area contributed by atoms with Gasteiger partial charge in [-0.2, -0.15) is 0 Å². The molecule has 0 aliphatic carbocycles. The van der Waals surface area contributed by atoms with Crippen LogP contribution < -0.4 is 4.90 Å². The van der Waals surface area contributed by atoms with Crippen molar-refractivity contribution in [2.75, 3.05) is 24.5 Å². The lowest BCUT2D eigenvalue weighted by molar-refractivity contribution is 0.0695. The molecular formula is C23H25BrN2O4. The number of carboxylic acids is 1. The lowest BCUT2D eigenvalue weighted by Crippen LogP contribution is -2.40. The predicted molar refractivity (Wildman–Crippen MR) is 118 cm³/mol. The zero-order valence-corrected chi connectivity index (χ0v) is 18.7. The molecule has 2 aliphatic heterocycles. The van der Waals surface area contributed by atoms with Crippen LogP contribution in [-0.4, -0.2) is 47.7 Å². The first-order valence-corrected chi connectivity index (χ1v) is 10.8. The molecule has 0 aromatic heterocycles. The van der Waals surface area contributed by atoms with E-state index in [0.29, 0.717) is 17.6 Å². The van der Waals surface area contributed by atoms with Crippen molar-refractivity contribution in [3.05, 3.63) is 63.6 Å². The number of carboxylic acid groups (broad SMARTS) is 1. The highest BCUT2D eigenvalue weighted by atomic mass is 79.9. The lowest BCUT2D eigenvalue weighted by Gasteiger charge is -2.29. The number of amides is 1. The third kappa shape index (κ3) is 3.90. The summed E-state index contributed by atoms with van der Waals surface area (Å²) in [6.07, 6.45) is 0.524. The Hall–Kier alpha value is -2.54. The first-order chi connectivity index (χ1) is 14.3. The topological polar surface area (TPSA) is 70.1 Å². The van der Waals surface area contributed by atoms with Gasteiger partial charge in [0.25, 0.3) is 0 Å². The molecule has 2 aromatic carbocycles. The fourth-order valence-corrected chi connectivity index (χ4v) is 4.91. The van der Waals surface area contributed by atoms with Crippen molar-refractivity contribution in [3.63, 3.8) is 0 Å². The summed E-state index contributed by atoms with van der Waals surface area (Å²) in [6.45, 7) is 6.58. The minimum atomic E-state index is -0.952. The SMILES string of the molecule is CC1(C)CN(C2CCN(C(=O)OCc3ccccc3)C2)c2cc(C(=O)O)c(Br)cc21. The minimum Gasteiger partial charge on any atom is -0.478 e. The Morgan fingerprint density at radius 1 is 1.23 bits per heavy atom. The number of ether oxygens (including phenoxy) is 1. The first-order valence-electron chi connectivity index (χ1n) is 10.1. The quantitative estimate of drug-likeness (QED) is 0.700. The predicted octanol–water partition coefficient (Wildman–Crippen LogP) is 4.66. The van der Waals surface area contributed by atoms with E-state index in [0.717, 1.165) is 29.8 Å².